The average Bonchev–Trinajstić information content (AvgIpc) is 2.82. The highest BCUT2D eigenvalue weighted by Gasteiger charge is 2.44. The van der Waals surface area contributed by atoms with Gasteiger partial charge in [-0.3, -0.25) is 4.90 Å². The van der Waals surface area contributed by atoms with Crippen molar-refractivity contribution in [2.45, 2.75) is 70.0 Å². The van der Waals surface area contributed by atoms with Crippen molar-refractivity contribution in [2.24, 2.45) is 0 Å². The molecule has 1 aliphatic carbocycles. The molecule has 0 bridgehead atoms. The van der Waals surface area contributed by atoms with Crippen LogP contribution in [0.25, 0.3) is 0 Å². The molecule has 1 aliphatic heterocycles. The Balaban J connectivity index is 2.05. The van der Waals surface area contributed by atoms with E-state index in [9.17, 15) is 0 Å². The Morgan fingerprint density at radius 1 is 1.39 bits per heavy atom. The van der Waals surface area contributed by atoms with E-state index in [2.05, 4.69) is 24.1 Å². The Kier molecular flexibility index (Phi) is 5.05. The van der Waals surface area contributed by atoms with Crippen molar-refractivity contribution in [3.05, 3.63) is 0 Å². The Labute approximate surface area is 112 Å². The lowest BCUT2D eigenvalue weighted by atomic mass is 9.88. The van der Waals surface area contributed by atoms with Gasteiger partial charge in [0.15, 0.2) is 0 Å². The number of methoxy groups -OCH3 is 1. The van der Waals surface area contributed by atoms with Crippen LogP contribution < -0.4 is 5.32 Å². The predicted molar refractivity (Wildman–Crippen MR) is 75.9 cm³/mol. The molecule has 0 amide bonds. The smallest absolute Gasteiger partial charge is 0.0615 e. The average molecular weight is 254 g/mol. The maximum atomic E-state index is 5.39. The van der Waals surface area contributed by atoms with E-state index < -0.39 is 0 Å². The fraction of sp³-hybridized carbons (Fsp3) is 1.00. The third-order valence-corrected chi connectivity index (χ3v) is 4.86. The molecule has 3 nitrogen and oxygen atoms in total. The topological polar surface area (TPSA) is 24.5 Å². The van der Waals surface area contributed by atoms with Gasteiger partial charge in [0.25, 0.3) is 0 Å². The largest absolute Gasteiger partial charge is 0.383 e. The minimum atomic E-state index is 0.433. The second-order valence-electron chi connectivity index (χ2n) is 6.25. The van der Waals surface area contributed by atoms with Gasteiger partial charge in [-0.1, -0.05) is 26.2 Å². The quantitative estimate of drug-likeness (QED) is 0.815. The van der Waals surface area contributed by atoms with Gasteiger partial charge in [0.05, 0.1) is 6.61 Å². The summed E-state index contributed by atoms with van der Waals surface area (Å²) in [5, 5.41) is 3.80. The van der Waals surface area contributed by atoms with Crippen LogP contribution in [0.1, 0.15) is 52.4 Å². The van der Waals surface area contributed by atoms with Gasteiger partial charge in [-0.15, -0.1) is 0 Å². The number of hydrogen-bond donors (Lipinski definition) is 1. The van der Waals surface area contributed by atoms with E-state index in [0.29, 0.717) is 17.6 Å². The lowest BCUT2D eigenvalue weighted by Crippen LogP contribution is -2.66. The zero-order valence-electron chi connectivity index (χ0n) is 12.4. The zero-order chi connectivity index (χ0) is 13.0. The Morgan fingerprint density at radius 3 is 2.72 bits per heavy atom. The highest BCUT2D eigenvalue weighted by atomic mass is 16.5. The summed E-state index contributed by atoms with van der Waals surface area (Å²) in [5.41, 5.74) is 0.433. The standard InChI is InChI=1S/C15H30N2O/c1-4-7-14-10-17(13(2)11-18-3)15(12-16-14)8-5-6-9-15/h13-14,16H,4-12H2,1-3H3. The van der Waals surface area contributed by atoms with E-state index in [0.717, 1.165) is 6.61 Å². The van der Waals surface area contributed by atoms with Crippen LogP contribution in [0.4, 0.5) is 0 Å². The fourth-order valence-electron chi connectivity index (χ4n) is 3.95. The summed E-state index contributed by atoms with van der Waals surface area (Å²) in [6.07, 6.45) is 8.11. The number of nitrogens with one attached hydrogen (secondary N) is 1. The van der Waals surface area contributed by atoms with Crippen molar-refractivity contribution in [1.29, 1.82) is 0 Å². The van der Waals surface area contributed by atoms with Crippen molar-refractivity contribution >= 4 is 0 Å². The van der Waals surface area contributed by atoms with Crippen molar-refractivity contribution in [3.8, 4) is 0 Å². The van der Waals surface area contributed by atoms with Crippen LogP contribution in [0, 0.1) is 0 Å². The van der Waals surface area contributed by atoms with Crippen molar-refractivity contribution in [2.75, 3.05) is 26.8 Å². The summed E-state index contributed by atoms with van der Waals surface area (Å²) in [6.45, 7) is 7.87. The first-order chi connectivity index (χ1) is 8.72. The van der Waals surface area contributed by atoms with Crippen molar-refractivity contribution in [3.63, 3.8) is 0 Å². The molecule has 1 saturated carbocycles. The van der Waals surface area contributed by atoms with E-state index in [1.165, 1.54) is 51.6 Å². The molecule has 0 aromatic rings. The number of ether oxygens (including phenoxy) is 1. The van der Waals surface area contributed by atoms with Crippen LogP contribution in [0.2, 0.25) is 0 Å². The molecule has 106 valence electrons. The monoisotopic (exact) mass is 254 g/mol. The summed E-state index contributed by atoms with van der Waals surface area (Å²) < 4.78 is 5.39. The van der Waals surface area contributed by atoms with Crippen LogP contribution in [-0.2, 0) is 4.74 Å². The van der Waals surface area contributed by atoms with E-state index in [4.69, 9.17) is 4.74 Å². The van der Waals surface area contributed by atoms with Gasteiger partial charge in [0.2, 0.25) is 0 Å². The summed E-state index contributed by atoms with van der Waals surface area (Å²) in [4.78, 5) is 2.76. The second-order valence-corrected chi connectivity index (χ2v) is 6.25. The first kappa shape index (κ1) is 14.3. The molecule has 1 spiro atoms. The molecule has 2 atom stereocenters. The molecular formula is C15H30N2O. The number of nitrogens with zero attached hydrogens (tertiary/aromatic N) is 1. The lowest BCUT2D eigenvalue weighted by molar-refractivity contribution is -0.0169. The first-order valence-corrected chi connectivity index (χ1v) is 7.71. The van der Waals surface area contributed by atoms with Gasteiger partial charge < -0.3 is 10.1 Å². The number of rotatable bonds is 5. The van der Waals surface area contributed by atoms with Gasteiger partial charge in [-0.05, 0) is 26.2 Å². The minimum Gasteiger partial charge on any atom is -0.383 e. The minimum absolute atomic E-state index is 0.433. The highest BCUT2D eigenvalue weighted by Crippen LogP contribution is 2.38. The summed E-state index contributed by atoms with van der Waals surface area (Å²) in [6, 6.07) is 1.23. The molecular weight excluding hydrogens is 224 g/mol. The molecule has 0 radical (unpaired) electrons. The molecule has 2 fully saturated rings. The van der Waals surface area contributed by atoms with Crippen LogP contribution in [0.5, 0.6) is 0 Å². The summed E-state index contributed by atoms with van der Waals surface area (Å²) in [5.74, 6) is 0. The highest BCUT2D eigenvalue weighted by molar-refractivity contribution is 5.03. The molecule has 0 aromatic carbocycles. The normalized spacial score (nSPS) is 29.8. The maximum Gasteiger partial charge on any atom is 0.0615 e. The van der Waals surface area contributed by atoms with E-state index in [-0.39, 0.29) is 0 Å². The lowest BCUT2D eigenvalue weighted by Gasteiger charge is -2.51. The Bertz CT molecular complexity index is 251. The molecule has 1 saturated heterocycles. The molecule has 18 heavy (non-hydrogen) atoms. The van der Waals surface area contributed by atoms with Crippen molar-refractivity contribution < 1.29 is 4.74 Å². The van der Waals surface area contributed by atoms with Crippen LogP contribution in [0.3, 0.4) is 0 Å². The summed E-state index contributed by atoms with van der Waals surface area (Å²) >= 11 is 0. The van der Waals surface area contributed by atoms with Gasteiger partial charge in [-0.2, -0.15) is 0 Å². The molecule has 2 unspecified atom stereocenters. The van der Waals surface area contributed by atoms with Gasteiger partial charge in [0, 0.05) is 37.8 Å². The van der Waals surface area contributed by atoms with E-state index >= 15 is 0 Å². The van der Waals surface area contributed by atoms with Crippen LogP contribution >= 0.6 is 0 Å². The number of hydrogen-bond acceptors (Lipinski definition) is 3. The SMILES string of the molecule is CCCC1CN(C(C)COC)C2(CCCC2)CN1. The first-order valence-electron chi connectivity index (χ1n) is 7.71. The molecule has 1 heterocycles. The van der Waals surface area contributed by atoms with Gasteiger partial charge in [0.1, 0.15) is 0 Å². The van der Waals surface area contributed by atoms with Crippen molar-refractivity contribution in [1.82, 2.24) is 10.2 Å². The zero-order valence-corrected chi connectivity index (χ0v) is 12.4. The molecule has 0 aromatic heterocycles. The fourth-order valence-corrected chi connectivity index (χ4v) is 3.95. The number of piperazine rings is 1. The Morgan fingerprint density at radius 2 is 2.11 bits per heavy atom. The van der Waals surface area contributed by atoms with Crippen LogP contribution in [0.15, 0.2) is 0 Å². The molecule has 3 heteroatoms. The maximum absolute atomic E-state index is 5.39. The second kappa shape index (κ2) is 6.36. The molecule has 2 rings (SSSR count). The predicted octanol–water partition coefficient (Wildman–Crippen LogP) is 2.41. The van der Waals surface area contributed by atoms with E-state index in [1.54, 1.807) is 0 Å². The molecule has 2 aliphatic rings. The molecule has 1 N–H and O–H groups in total. The van der Waals surface area contributed by atoms with Gasteiger partial charge in [-0.25, -0.2) is 0 Å². The summed E-state index contributed by atoms with van der Waals surface area (Å²) in [7, 11) is 1.82. The van der Waals surface area contributed by atoms with Gasteiger partial charge >= 0.3 is 0 Å². The third kappa shape index (κ3) is 2.89. The van der Waals surface area contributed by atoms with Crippen LogP contribution in [-0.4, -0.2) is 49.3 Å². The third-order valence-electron chi connectivity index (χ3n) is 4.86. The Hall–Kier alpha value is -0.120. The van der Waals surface area contributed by atoms with E-state index in [1.807, 2.05) is 7.11 Å².